The Bertz CT molecular complexity index is 552. The molecule has 0 aliphatic carbocycles. The van der Waals surface area contributed by atoms with Crippen molar-refractivity contribution in [3.8, 4) is 11.5 Å². The number of aromatic hydroxyl groups is 1. The molecule has 0 saturated carbocycles. The van der Waals surface area contributed by atoms with Gasteiger partial charge in [0.15, 0.2) is 0 Å². The average Bonchev–Trinajstić information content (AvgIpc) is 2.29. The zero-order valence-electron chi connectivity index (χ0n) is 8.76. The fraction of sp³-hybridized carbons (Fsp3) is 0. The van der Waals surface area contributed by atoms with Gasteiger partial charge in [-0.05, 0) is 30.3 Å². The summed E-state index contributed by atoms with van der Waals surface area (Å²) in [5.41, 5.74) is 0.118. The molecule has 3 nitrogen and oxygen atoms in total. The summed E-state index contributed by atoms with van der Waals surface area (Å²) >= 11 is 5.76. The van der Waals surface area contributed by atoms with Crippen LogP contribution >= 0.6 is 11.6 Å². The summed E-state index contributed by atoms with van der Waals surface area (Å²) in [5, 5.41) is 9.97. The molecule has 0 unspecified atom stereocenters. The molecule has 0 spiro atoms. The number of hydrogen-bond acceptors (Lipinski definition) is 3. The van der Waals surface area contributed by atoms with Crippen molar-refractivity contribution in [3.05, 3.63) is 59.1 Å². The van der Waals surface area contributed by atoms with E-state index >= 15 is 0 Å². The fourth-order valence-corrected chi connectivity index (χ4v) is 1.52. The second-order valence-electron chi connectivity index (χ2n) is 3.36. The standard InChI is InChI=1S/C13H9ClO3/c14-9-4-3-5-10(8-9)17-13(16)11-6-1-2-7-12(11)15/h1-8,15H. The minimum absolute atomic E-state index is 0.112. The van der Waals surface area contributed by atoms with Crippen LogP contribution in [0.5, 0.6) is 11.5 Å². The lowest BCUT2D eigenvalue weighted by molar-refractivity contribution is 0.0731. The number of esters is 1. The van der Waals surface area contributed by atoms with E-state index in [9.17, 15) is 9.90 Å². The number of carbonyl (C=O) groups is 1. The number of benzene rings is 2. The van der Waals surface area contributed by atoms with Gasteiger partial charge in [-0.1, -0.05) is 29.8 Å². The van der Waals surface area contributed by atoms with E-state index < -0.39 is 5.97 Å². The first-order chi connectivity index (χ1) is 8.16. The molecule has 0 radical (unpaired) electrons. The van der Waals surface area contributed by atoms with E-state index in [1.165, 1.54) is 18.2 Å². The highest BCUT2D eigenvalue weighted by molar-refractivity contribution is 6.30. The highest BCUT2D eigenvalue weighted by Gasteiger charge is 2.12. The Morgan fingerprint density at radius 2 is 1.88 bits per heavy atom. The Morgan fingerprint density at radius 1 is 1.12 bits per heavy atom. The van der Waals surface area contributed by atoms with Crippen molar-refractivity contribution in [1.82, 2.24) is 0 Å². The van der Waals surface area contributed by atoms with E-state index in [0.29, 0.717) is 10.8 Å². The summed E-state index contributed by atoms with van der Waals surface area (Å²) in [6, 6.07) is 12.7. The smallest absolute Gasteiger partial charge is 0.347 e. The van der Waals surface area contributed by atoms with Crippen LogP contribution in [-0.2, 0) is 0 Å². The van der Waals surface area contributed by atoms with Gasteiger partial charge in [0.05, 0.1) is 0 Å². The Labute approximate surface area is 103 Å². The fourth-order valence-electron chi connectivity index (χ4n) is 1.34. The largest absolute Gasteiger partial charge is 0.507 e. The third kappa shape index (κ3) is 2.77. The van der Waals surface area contributed by atoms with Crippen LogP contribution < -0.4 is 4.74 Å². The van der Waals surface area contributed by atoms with Crippen molar-refractivity contribution in [2.75, 3.05) is 0 Å². The second kappa shape index (κ2) is 4.89. The number of phenols is 1. The minimum atomic E-state index is -0.620. The highest BCUT2D eigenvalue weighted by Crippen LogP contribution is 2.21. The first-order valence-corrected chi connectivity index (χ1v) is 5.30. The molecule has 2 aromatic rings. The van der Waals surface area contributed by atoms with Gasteiger partial charge >= 0.3 is 5.97 Å². The first-order valence-electron chi connectivity index (χ1n) is 4.92. The van der Waals surface area contributed by atoms with Gasteiger partial charge in [0.1, 0.15) is 17.1 Å². The van der Waals surface area contributed by atoms with Gasteiger partial charge in [-0.2, -0.15) is 0 Å². The molecule has 0 aliphatic heterocycles. The number of rotatable bonds is 2. The summed E-state index contributed by atoms with van der Waals surface area (Å²) in [5.74, 6) is -0.393. The van der Waals surface area contributed by atoms with Crippen LogP contribution in [0.25, 0.3) is 0 Å². The molecule has 0 bridgehead atoms. The predicted octanol–water partition coefficient (Wildman–Crippen LogP) is 3.26. The maximum absolute atomic E-state index is 11.7. The van der Waals surface area contributed by atoms with E-state index in [-0.39, 0.29) is 11.3 Å². The zero-order chi connectivity index (χ0) is 12.3. The zero-order valence-corrected chi connectivity index (χ0v) is 9.52. The van der Waals surface area contributed by atoms with Crippen LogP contribution in [0, 0.1) is 0 Å². The monoisotopic (exact) mass is 248 g/mol. The van der Waals surface area contributed by atoms with Crippen molar-refractivity contribution in [2.24, 2.45) is 0 Å². The summed E-state index contributed by atoms with van der Waals surface area (Å²) in [6.07, 6.45) is 0. The molecule has 1 N–H and O–H groups in total. The van der Waals surface area contributed by atoms with E-state index in [1.54, 1.807) is 30.3 Å². The minimum Gasteiger partial charge on any atom is -0.507 e. The molecular weight excluding hydrogens is 240 g/mol. The van der Waals surface area contributed by atoms with E-state index in [0.717, 1.165) is 0 Å². The van der Waals surface area contributed by atoms with Crippen molar-refractivity contribution in [1.29, 1.82) is 0 Å². The van der Waals surface area contributed by atoms with Crippen LogP contribution in [0.1, 0.15) is 10.4 Å². The number of para-hydroxylation sites is 1. The van der Waals surface area contributed by atoms with Crippen molar-refractivity contribution in [2.45, 2.75) is 0 Å². The van der Waals surface area contributed by atoms with Crippen LogP contribution in [0.15, 0.2) is 48.5 Å². The normalized spacial score (nSPS) is 9.94. The lowest BCUT2D eigenvalue weighted by Gasteiger charge is -2.05. The van der Waals surface area contributed by atoms with Gasteiger partial charge in [-0.3, -0.25) is 0 Å². The van der Waals surface area contributed by atoms with Crippen LogP contribution in [-0.4, -0.2) is 11.1 Å². The van der Waals surface area contributed by atoms with Gasteiger partial charge < -0.3 is 9.84 Å². The number of halogens is 1. The first kappa shape index (κ1) is 11.5. The van der Waals surface area contributed by atoms with Crippen LogP contribution in [0.2, 0.25) is 5.02 Å². The third-order valence-electron chi connectivity index (χ3n) is 2.13. The Balaban J connectivity index is 2.20. The van der Waals surface area contributed by atoms with E-state index in [4.69, 9.17) is 16.3 Å². The molecule has 0 aliphatic rings. The van der Waals surface area contributed by atoms with Gasteiger partial charge in [-0.25, -0.2) is 4.79 Å². The molecular formula is C13H9ClO3. The lowest BCUT2D eigenvalue weighted by Crippen LogP contribution is -2.08. The molecule has 17 heavy (non-hydrogen) atoms. The third-order valence-corrected chi connectivity index (χ3v) is 2.37. The molecule has 2 rings (SSSR count). The van der Waals surface area contributed by atoms with Crippen molar-refractivity contribution in [3.63, 3.8) is 0 Å². The average molecular weight is 249 g/mol. The van der Waals surface area contributed by atoms with Gasteiger partial charge in [0.25, 0.3) is 0 Å². The maximum Gasteiger partial charge on any atom is 0.347 e. The number of phenolic OH excluding ortho intramolecular Hbond substituents is 1. The molecule has 0 aromatic heterocycles. The molecule has 0 fully saturated rings. The van der Waals surface area contributed by atoms with E-state index in [2.05, 4.69) is 0 Å². The van der Waals surface area contributed by atoms with Gasteiger partial charge in [0, 0.05) is 5.02 Å². The maximum atomic E-state index is 11.7. The van der Waals surface area contributed by atoms with E-state index in [1.807, 2.05) is 0 Å². The topological polar surface area (TPSA) is 46.5 Å². The molecule has 0 saturated heterocycles. The molecule has 0 atom stereocenters. The Morgan fingerprint density at radius 3 is 2.59 bits per heavy atom. The second-order valence-corrected chi connectivity index (χ2v) is 3.80. The predicted molar refractivity (Wildman–Crippen MR) is 64.5 cm³/mol. The molecule has 0 amide bonds. The Kier molecular flexibility index (Phi) is 3.30. The SMILES string of the molecule is O=C(Oc1cccc(Cl)c1)c1ccccc1O. The molecule has 2 aromatic carbocycles. The molecule has 4 heteroatoms. The quantitative estimate of drug-likeness (QED) is 0.655. The summed E-state index contributed by atoms with van der Waals surface area (Å²) in [7, 11) is 0. The van der Waals surface area contributed by atoms with Gasteiger partial charge in [-0.15, -0.1) is 0 Å². The lowest BCUT2D eigenvalue weighted by atomic mass is 10.2. The summed E-state index contributed by atoms with van der Waals surface area (Å²) in [4.78, 5) is 11.7. The molecule has 0 heterocycles. The number of ether oxygens (including phenoxy) is 1. The van der Waals surface area contributed by atoms with Gasteiger partial charge in [0.2, 0.25) is 0 Å². The van der Waals surface area contributed by atoms with Crippen molar-refractivity contribution < 1.29 is 14.6 Å². The summed E-state index contributed by atoms with van der Waals surface area (Å²) < 4.78 is 5.08. The van der Waals surface area contributed by atoms with Crippen LogP contribution in [0.4, 0.5) is 0 Å². The molecule has 86 valence electrons. The Hall–Kier alpha value is -2.00. The number of carbonyl (C=O) groups excluding carboxylic acids is 1. The highest BCUT2D eigenvalue weighted by atomic mass is 35.5. The summed E-state index contributed by atoms with van der Waals surface area (Å²) in [6.45, 7) is 0. The number of hydrogen-bond donors (Lipinski definition) is 1. The van der Waals surface area contributed by atoms with Crippen LogP contribution in [0.3, 0.4) is 0 Å². The van der Waals surface area contributed by atoms with Crippen molar-refractivity contribution >= 4 is 17.6 Å².